The molecule has 0 unspecified atom stereocenters. The molecular weight excluding hydrogens is 859 g/mol. The van der Waals surface area contributed by atoms with E-state index in [0.717, 1.165) is 93.6 Å². The van der Waals surface area contributed by atoms with Crippen molar-refractivity contribution in [2.45, 2.75) is 5.41 Å². The van der Waals surface area contributed by atoms with E-state index in [1.807, 2.05) is 66.7 Å². The van der Waals surface area contributed by atoms with Crippen molar-refractivity contribution in [1.29, 1.82) is 0 Å². The molecule has 0 atom stereocenters. The third kappa shape index (κ3) is 5.08. The fourth-order valence-corrected chi connectivity index (χ4v) is 11.9. The topological polar surface area (TPSA) is 78.1 Å². The third-order valence-corrected chi connectivity index (χ3v) is 14.9. The molecule has 2 aliphatic rings. The van der Waals surface area contributed by atoms with Crippen LogP contribution in [0.2, 0.25) is 0 Å². The van der Waals surface area contributed by atoms with Gasteiger partial charge in [0.1, 0.15) is 33.5 Å². The predicted molar refractivity (Wildman–Crippen MR) is 280 cm³/mol. The number of fused-ring (bicyclic) bond motifs is 20. The predicted octanol–water partition coefficient (Wildman–Crippen LogP) is 16.6. The number of rotatable bonds is 4. The number of nitrogens with zero attached hydrogens (tertiary/aromatic N) is 3. The van der Waals surface area contributed by atoms with Gasteiger partial charge < -0.3 is 13.3 Å². The summed E-state index contributed by atoms with van der Waals surface area (Å²) in [5, 5.41) is 6.49. The summed E-state index contributed by atoms with van der Waals surface area (Å²) < 4.78 is 19.7. The van der Waals surface area contributed by atoms with E-state index in [9.17, 15) is 0 Å². The van der Waals surface area contributed by atoms with Gasteiger partial charge in [0.05, 0.1) is 5.41 Å². The van der Waals surface area contributed by atoms with Gasteiger partial charge in [0.25, 0.3) is 0 Å². The zero-order valence-corrected chi connectivity index (χ0v) is 37.3. The minimum Gasteiger partial charge on any atom is -0.456 e. The minimum atomic E-state index is -0.626. The summed E-state index contributed by atoms with van der Waals surface area (Å²) in [7, 11) is 0. The molecule has 0 radical (unpaired) electrons. The van der Waals surface area contributed by atoms with Gasteiger partial charge in [-0.1, -0.05) is 146 Å². The van der Waals surface area contributed by atoms with Crippen LogP contribution < -0.4 is 0 Å². The monoisotopic (exact) mass is 893 g/mol. The number of furan rings is 3. The Morgan fingerprint density at radius 1 is 0.271 bits per heavy atom. The highest BCUT2D eigenvalue weighted by Gasteiger charge is 2.53. The normalized spacial score (nSPS) is 13.3. The van der Waals surface area contributed by atoms with Crippen LogP contribution >= 0.6 is 0 Å². The van der Waals surface area contributed by atoms with Gasteiger partial charge in [-0.3, -0.25) is 0 Å². The third-order valence-electron chi connectivity index (χ3n) is 14.9. The summed E-state index contributed by atoms with van der Waals surface area (Å²) >= 11 is 0. The summed E-state index contributed by atoms with van der Waals surface area (Å²) in [6.45, 7) is 0. The van der Waals surface area contributed by atoms with E-state index in [1.54, 1.807) is 0 Å². The maximum atomic E-state index is 6.86. The van der Waals surface area contributed by atoms with Crippen molar-refractivity contribution in [3.8, 4) is 67.5 Å². The van der Waals surface area contributed by atoms with Crippen LogP contribution in [0.25, 0.3) is 133 Å². The van der Waals surface area contributed by atoms with Crippen LogP contribution in [0.15, 0.2) is 226 Å². The quantitative estimate of drug-likeness (QED) is 0.175. The van der Waals surface area contributed by atoms with E-state index < -0.39 is 5.41 Å². The zero-order chi connectivity index (χ0) is 45.7. The van der Waals surface area contributed by atoms with Crippen LogP contribution in [-0.2, 0) is 5.41 Å². The first-order valence-electron chi connectivity index (χ1n) is 23.6. The van der Waals surface area contributed by atoms with Crippen LogP contribution in [0, 0.1) is 0 Å². The van der Waals surface area contributed by atoms with Gasteiger partial charge in [0.2, 0.25) is 0 Å². The van der Waals surface area contributed by atoms with Gasteiger partial charge >= 0.3 is 0 Å². The lowest BCUT2D eigenvalue weighted by atomic mass is 9.69. The lowest BCUT2D eigenvalue weighted by Crippen LogP contribution is -2.26. The number of para-hydroxylation sites is 2. The average molecular weight is 894 g/mol. The first-order chi connectivity index (χ1) is 34.7. The Morgan fingerprint density at radius 2 is 0.771 bits per heavy atom. The Labute approximate surface area is 399 Å². The maximum absolute atomic E-state index is 6.86. The Kier molecular flexibility index (Phi) is 7.45. The van der Waals surface area contributed by atoms with Crippen LogP contribution in [-0.4, -0.2) is 15.0 Å². The smallest absolute Gasteiger partial charge is 0.164 e. The molecule has 0 N–H and O–H groups in total. The van der Waals surface area contributed by atoms with Gasteiger partial charge in [-0.15, -0.1) is 0 Å². The summed E-state index contributed by atoms with van der Waals surface area (Å²) in [5.74, 6) is 1.79. The maximum Gasteiger partial charge on any atom is 0.164 e. The van der Waals surface area contributed by atoms with E-state index in [2.05, 4.69) is 146 Å². The van der Waals surface area contributed by atoms with Crippen molar-refractivity contribution in [2.24, 2.45) is 0 Å². The molecule has 6 heteroatoms. The fraction of sp³-hybridized carbons (Fsp3) is 0.0156. The molecule has 0 bridgehead atoms. The van der Waals surface area contributed by atoms with Crippen molar-refractivity contribution in [2.75, 3.05) is 0 Å². The lowest BCUT2D eigenvalue weighted by Gasteiger charge is -2.31. The van der Waals surface area contributed by atoms with Gasteiger partial charge in [-0.2, -0.15) is 0 Å². The molecule has 4 aromatic heterocycles. The van der Waals surface area contributed by atoms with Gasteiger partial charge in [0.15, 0.2) is 17.5 Å². The molecule has 4 heterocycles. The zero-order valence-electron chi connectivity index (χ0n) is 37.3. The molecule has 0 aliphatic heterocycles. The largest absolute Gasteiger partial charge is 0.456 e. The second-order valence-corrected chi connectivity index (χ2v) is 18.6. The Balaban J connectivity index is 0.899. The number of benzene rings is 10. The molecule has 0 amide bonds. The van der Waals surface area contributed by atoms with E-state index in [-0.39, 0.29) is 0 Å². The molecule has 0 fully saturated rings. The Bertz CT molecular complexity index is 4510. The molecule has 70 heavy (non-hydrogen) atoms. The van der Waals surface area contributed by atoms with E-state index in [0.29, 0.717) is 17.5 Å². The first-order valence-corrected chi connectivity index (χ1v) is 23.6. The number of hydrogen-bond donors (Lipinski definition) is 0. The SMILES string of the molecule is c1ccc(-c2nc(-c3cccc(-c4ccc5oc6ccc7c(c6c5c4)C4(c5ccccc5-c5ccccc54)c4cc5oc6ccccc6c5cc4-7)c3)nc(-c3ccc4oc5ccccc5c4c3)n2)cc1. The molecule has 1 spiro atoms. The van der Waals surface area contributed by atoms with Crippen molar-refractivity contribution >= 4 is 65.8 Å². The average Bonchev–Trinajstić information content (AvgIpc) is 4.23. The highest BCUT2D eigenvalue weighted by atomic mass is 16.3. The molecule has 0 saturated carbocycles. The molecule has 0 saturated heterocycles. The first kappa shape index (κ1) is 37.7. The molecule has 2 aliphatic carbocycles. The van der Waals surface area contributed by atoms with Gasteiger partial charge in [-0.25, -0.2) is 15.0 Å². The van der Waals surface area contributed by atoms with E-state index >= 15 is 0 Å². The second kappa shape index (κ2) is 13.8. The molecule has 16 rings (SSSR count). The van der Waals surface area contributed by atoms with Crippen molar-refractivity contribution < 1.29 is 13.3 Å². The van der Waals surface area contributed by atoms with Gasteiger partial charge in [-0.05, 0) is 122 Å². The molecular formula is C64H35N3O3. The summed E-state index contributed by atoms with van der Waals surface area (Å²) in [4.78, 5) is 15.4. The number of aromatic nitrogens is 3. The van der Waals surface area contributed by atoms with Crippen LogP contribution in [0.4, 0.5) is 0 Å². The van der Waals surface area contributed by atoms with Crippen molar-refractivity contribution in [1.82, 2.24) is 15.0 Å². The fourth-order valence-electron chi connectivity index (χ4n) is 11.9. The summed E-state index contributed by atoms with van der Waals surface area (Å²) in [5.41, 5.74) is 19.2. The van der Waals surface area contributed by atoms with Gasteiger partial charge in [0, 0.05) is 49.0 Å². The minimum absolute atomic E-state index is 0.590. The van der Waals surface area contributed by atoms with E-state index in [4.69, 9.17) is 28.2 Å². The highest BCUT2D eigenvalue weighted by Crippen LogP contribution is 2.65. The van der Waals surface area contributed by atoms with E-state index in [1.165, 1.54) is 44.5 Å². The van der Waals surface area contributed by atoms with Crippen molar-refractivity contribution in [3.63, 3.8) is 0 Å². The Morgan fingerprint density at radius 3 is 1.51 bits per heavy atom. The number of hydrogen-bond acceptors (Lipinski definition) is 6. The van der Waals surface area contributed by atoms with Crippen LogP contribution in [0.5, 0.6) is 0 Å². The van der Waals surface area contributed by atoms with Crippen molar-refractivity contribution in [3.05, 3.63) is 235 Å². The molecule has 14 aromatic rings. The lowest BCUT2D eigenvalue weighted by molar-refractivity contribution is 0.666. The molecule has 6 nitrogen and oxygen atoms in total. The summed E-state index contributed by atoms with van der Waals surface area (Å²) in [6.07, 6.45) is 0. The molecule has 10 aromatic carbocycles. The Hall–Kier alpha value is -9.39. The van der Waals surface area contributed by atoms with Crippen LogP contribution in [0.1, 0.15) is 22.3 Å². The summed E-state index contributed by atoms with van der Waals surface area (Å²) in [6, 6.07) is 74.9. The highest BCUT2D eigenvalue weighted by molar-refractivity contribution is 6.16. The molecule has 324 valence electrons. The standard InChI is InChI=1S/C64H35N3O3/c1-2-13-36(14-3-1)61-65-62(67-63(66-61)40-26-29-55-47(33-40)43-19-6-10-23-53(43)68-55)39-16-12-15-37(31-39)38-25-28-56-49(32-38)59-57(69-56)30-27-45-46-34-48-44-20-7-11-24-54(44)70-58(48)35-52(46)64(60(45)59)50-21-8-4-17-41(50)42-18-5-9-22-51(42)64/h1-35H. The van der Waals surface area contributed by atoms with Crippen LogP contribution in [0.3, 0.4) is 0 Å². The second-order valence-electron chi connectivity index (χ2n) is 18.6.